The van der Waals surface area contributed by atoms with Gasteiger partial charge >= 0.3 is 18.1 Å². The van der Waals surface area contributed by atoms with Crippen molar-refractivity contribution in [3.63, 3.8) is 0 Å². The maximum Gasteiger partial charge on any atom is 0.416 e. The summed E-state index contributed by atoms with van der Waals surface area (Å²) in [5.74, 6) is -2.18. The van der Waals surface area contributed by atoms with Crippen molar-refractivity contribution < 1.29 is 27.5 Å². The van der Waals surface area contributed by atoms with Gasteiger partial charge in [0.15, 0.2) is 0 Å². The number of hydrogen-bond acceptors (Lipinski definition) is 4. The molecule has 0 aliphatic heterocycles. The van der Waals surface area contributed by atoms with Crippen LogP contribution in [-0.2, 0) is 27.0 Å². The maximum absolute atomic E-state index is 12.6. The zero-order chi connectivity index (χ0) is 16.0. The SMILES string of the molecule is CCOC(=O)C(=O)NCc1cc(C#N)cc(C(F)(F)F)c1. The van der Waals surface area contributed by atoms with Gasteiger partial charge in [0.1, 0.15) is 0 Å². The summed E-state index contributed by atoms with van der Waals surface area (Å²) < 4.78 is 42.4. The molecule has 8 heteroatoms. The Bertz CT molecular complexity index is 591. The molecule has 5 nitrogen and oxygen atoms in total. The summed E-state index contributed by atoms with van der Waals surface area (Å²) in [6.07, 6.45) is -4.60. The Labute approximate surface area is 118 Å². The van der Waals surface area contributed by atoms with Crippen LogP contribution >= 0.6 is 0 Å². The topological polar surface area (TPSA) is 79.2 Å². The van der Waals surface area contributed by atoms with E-state index in [0.29, 0.717) is 6.07 Å². The molecule has 112 valence electrons. The van der Waals surface area contributed by atoms with Crippen molar-refractivity contribution in [2.75, 3.05) is 6.61 Å². The standard InChI is InChI=1S/C13H11F3N2O3/c1-2-21-12(20)11(19)18-7-9-3-8(6-17)4-10(5-9)13(14,15)16/h3-5H,2,7H2,1H3,(H,18,19). The fourth-order valence-corrected chi connectivity index (χ4v) is 1.47. The third-order valence-electron chi connectivity index (χ3n) is 2.36. The summed E-state index contributed by atoms with van der Waals surface area (Å²) in [5, 5.41) is 10.8. The molecule has 0 spiro atoms. The van der Waals surface area contributed by atoms with Crippen molar-refractivity contribution in [2.24, 2.45) is 0 Å². The van der Waals surface area contributed by atoms with Gasteiger partial charge in [-0.1, -0.05) is 0 Å². The van der Waals surface area contributed by atoms with E-state index in [-0.39, 0.29) is 24.3 Å². The van der Waals surface area contributed by atoms with E-state index in [1.54, 1.807) is 6.07 Å². The van der Waals surface area contributed by atoms with Crippen molar-refractivity contribution in [1.82, 2.24) is 5.32 Å². The Hall–Kier alpha value is -2.56. The first-order valence-electron chi connectivity index (χ1n) is 5.84. The highest BCUT2D eigenvalue weighted by Crippen LogP contribution is 2.30. The second kappa shape index (κ2) is 6.74. The fraction of sp³-hybridized carbons (Fsp3) is 0.308. The molecule has 0 heterocycles. The number of esters is 1. The Kier molecular flexibility index (Phi) is 5.30. The summed E-state index contributed by atoms with van der Waals surface area (Å²) >= 11 is 0. The predicted octanol–water partition coefficient (Wildman–Crippen LogP) is 1.76. The highest BCUT2D eigenvalue weighted by molar-refractivity contribution is 6.32. The number of ether oxygens (including phenoxy) is 1. The van der Waals surface area contributed by atoms with Crippen LogP contribution in [0.1, 0.15) is 23.6 Å². The summed E-state index contributed by atoms with van der Waals surface area (Å²) in [5.41, 5.74) is -1.13. The van der Waals surface area contributed by atoms with Gasteiger partial charge in [-0.15, -0.1) is 0 Å². The molecule has 1 aromatic carbocycles. The second-order valence-electron chi connectivity index (χ2n) is 3.93. The second-order valence-corrected chi connectivity index (χ2v) is 3.93. The van der Waals surface area contributed by atoms with Gasteiger partial charge in [0.05, 0.1) is 23.8 Å². The minimum Gasteiger partial charge on any atom is -0.459 e. The molecule has 0 aliphatic rings. The first-order chi connectivity index (χ1) is 9.77. The quantitative estimate of drug-likeness (QED) is 0.681. The van der Waals surface area contributed by atoms with Crippen LogP contribution in [0.2, 0.25) is 0 Å². The van der Waals surface area contributed by atoms with E-state index >= 15 is 0 Å². The van der Waals surface area contributed by atoms with Gasteiger partial charge in [0, 0.05) is 6.54 Å². The molecule has 1 amide bonds. The van der Waals surface area contributed by atoms with Crippen LogP contribution in [0.15, 0.2) is 18.2 Å². The number of nitrogens with zero attached hydrogens (tertiary/aromatic N) is 1. The number of alkyl halides is 3. The summed E-state index contributed by atoms with van der Waals surface area (Å²) in [7, 11) is 0. The fourth-order valence-electron chi connectivity index (χ4n) is 1.47. The number of carbonyl (C=O) groups excluding carboxylic acids is 2. The number of nitriles is 1. The van der Waals surface area contributed by atoms with Crippen LogP contribution < -0.4 is 5.32 Å². The Morgan fingerprint density at radius 2 is 2.00 bits per heavy atom. The molecule has 0 atom stereocenters. The average Bonchev–Trinajstić information content (AvgIpc) is 2.43. The molecular formula is C13H11F3N2O3. The van der Waals surface area contributed by atoms with Crippen LogP contribution in [0.3, 0.4) is 0 Å². The monoisotopic (exact) mass is 300 g/mol. The van der Waals surface area contributed by atoms with E-state index in [4.69, 9.17) is 5.26 Å². The molecule has 0 aromatic heterocycles. The zero-order valence-corrected chi connectivity index (χ0v) is 11.0. The van der Waals surface area contributed by atoms with Gasteiger partial charge in [-0.2, -0.15) is 18.4 Å². The van der Waals surface area contributed by atoms with Crippen LogP contribution in [-0.4, -0.2) is 18.5 Å². The third-order valence-corrected chi connectivity index (χ3v) is 2.36. The van der Waals surface area contributed by atoms with Crippen LogP contribution in [0.25, 0.3) is 0 Å². The van der Waals surface area contributed by atoms with E-state index in [0.717, 1.165) is 6.07 Å². The van der Waals surface area contributed by atoms with E-state index in [1.165, 1.54) is 13.0 Å². The van der Waals surface area contributed by atoms with Crippen molar-refractivity contribution in [3.05, 3.63) is 34.9 Å². The average molecular weight is 300 g/mol. The van der Waals surface area contributed by atoms with Crippen molar-refractivity contribution in [3.8, 4) is 6.07 Å². The Morgan fingerprint density at radius 3 is 2.52 bits per heavy atom. The molecule has 21 heavy (non-hydrogen) atoms. The molecule has 0 unspecified atom stereocenters. The maximum atomic E-state index is 12.6. The van der Waals surface area contributed by atoms with Gasteiger partial charge in [0.25, 0.3) is 0 Å². The lowest BCUT2D eigenvalue weighted by Gasteiger charge is -2.10. The molecule has 1 rings (SSSR count). The smallest absolute Gasteiger partial charge is 0.416 e. The van der Waals surface area contributed by atoms with Gasteiger partial charge in [-0.25, -0.2) is 4.79 Å². The number of benzene rings is 1. The van der Waals surface area contributed by atoms with E-state index in [1.807, 2.05) is 0 Å². The van der Waals surface area contributed by atoms with E-state index in [9.17, 15) is 22.8 Å². The van der Waals surface area contributed by atoms with E-state index < -0.39 is 23.6 Å². The predicted molar refractivity (Wildman–Crippen MR) is 64.6 cm³/mol. The van der Waals surface area contributed by atoms with Gasteiger partial charge in [-0.05, 0) is 30.7 Å². The Balaban J connectivity index is 2.87. The lowest BCUT2D eigenvalue weighted by Crippen LogP contribution is -2.32. The van der Waals surface area contributed by atoms with Gasteiger partial charge in [-0.3, -0.25) is 4.79 Å². The highest BCUT2D eigenvalue weighted by Gasteiger charge is 2.31. The minimum absolute atomic E-state index is 0.00833. The third kappa shape index (κ3) is 4.80. The zero-order valence-electron chi connectivity index (χ0n) is 11.0. The number of amides is 1. The molecule has 0 bridgehead atoms. The van der Waals surface area contributed by atoms with E-state index in [2.05, 4.69) is 10.1 Å². The number of hydrogen-bond donors (Lipinski definition) is 1. The van der Waals surface area contributed by atoms with Crippen LogP contribution in [0.4, 0.5) is 13.2 Å². The van der Waals surface area contributed by atoms with Gasteiger partial charge in [0.2, 0.25) is 0 Å². The number of halogens is 3. The normalized spacial score (nSPS) is 10.6. The van der Waals surface area contributed by atoms with Crippen molar-refractivity contribution in [1.29, 1.82) is 5.26 Å². The number of rotatable bonds is 3. The van der Waals surface area contributed by atoms with Crippen molar-refractivity contribution in [2.45, 2.75) is 19.6 Å². The lowest BCUT2D eigenvalue weighted by molar-refractivity contribution is -0.154. The summed E-state index contributed by atoms with van der Waals surface area (Å²) in [6, 6.07) is 4.30. The minimum atomic E-state index is -4.60. The molecule has 0 saturated heterocycles. The lowest BCUT2D eigenvalue weighted by atomic mass is 10.1. The van der Waals surface area contributed by atoms with Crippen LogP contribution in [0.5, 0.6) is 0 Å². The molecular weight excluding hydrogens is 289 g/mol. The summed E-state index contributed by atoms with van der Waals surface area (Å²) in [6.45, 7) is 1.20. The molecule has 0 aliphatic carbocycles. The molecule has 1 N–H and O–H groups in total. The first-order valence-corrected chi connectivity index (χ1v) is 5.84. The van der Waals surface area contributed by atoms with Crippen LogP contribution in [0, 0.1) is 11.3 Å². The number of nitrogens with one attached hydrogen (secondary N) is 1. The number of carbonyl (C=O) groups is 2. The van der Waals surface area contributed by atoms with Crippen molar-refractivity contribution >= 4 is 11.9 Å². The largest absolute Gasteiger partial charge is 0.459 e. The Morgan fingerprint density at radius 1 is 1.33 bits per heavy atom. The summed E-state index contributed by atoms with van der Waals surface area (Å²) in [4.78, 5) is 22.3. The highest BCUT2D eigenvalue weighted by atomic mass is 19.4. The van der Waals surface area contributed by atoms with Gasteiger partial charge < -0.3 is 10.1 Å². The molecule has 0 fully saturated rings. The molecule has 0 saturated carbocycles. The first kappa shape index (κ1) is 16.5. The molecule has 1 aromatic rings. The molecule has 0 radical (unpaired) electrons.